The maximum absolute atomic E-state index is 12.0. The van der Waals surface area contributed by atoms with Gasteiger partial charge in [0, 0.05) is 23.7 Å². The normalized spacial score (nSPS) is 22.1. The van der Waals surface area contributed by atoms with Crippen molar-refractivity contribution in [1.29, 1.82) is 0 Å². The fraction of sp³-hybridized carbons (Fsp3) is 0.417. The summed E-state index contributed by atoms with van der Waals surface area (Å²) in [6.45, 7) is 0. The zero-order chi connectivity index (χ0) is 14.9. The van der Waals surface area contributed by atoms with Crippen molar-refractivity contribution in [2.24, 2.45) is 5.14 Å². The highest BCUT2D eigenvalue weighted by Gasteiger charge is 2.30. The Kier molecular flexibility index (Phi) is 4.33. The summed E-state index contributed by atoms with van der Waals surface area (Å²) < 4.78 is 27.7. The van der Waals surface area contributed by atoms with Crippen LogP contribution in [0.15, 0.2) is 23.1 Å². The number of carbonyl (C=O) groups is 1. The van der Waals surface area contributed by atoms with Crippen molar-refractivity contribution in [3.63, 3.8) is 0 Å². The summed E-state index contributed by atoms with van der Waals surface area (Å²) in [5, 5.41) is 7.97. The summed E-state index contributed by atoms with van der Waals surface area (Å²) in [5.74, 6) is -0.378. The van der Waals surface area contributed by atoms with Gasteiger partial charge in [0.15, 0.2) is 0 Å². The molecule has 1 aromatic carbocycles. The molecule has 2 rings (SSSR count). The Bertz CT molecular complexity index is 626. The minimum atomic E-state index is -3.90. The summed E-state index contributed by atoms with van der Waals surface area (Å²) in [6.07, 6.45) is 1.65. The fourth-order valence-corrected chi connectivity index (χ4v) is 2.89. The van der Waals surface area contributed by atoms with Gasteiger partial charge in [-0.05, 0) is 31.0 Å². The van der Waals surface area contributed by atoms with Crippen molar-refractivity contribution < 1.29 is 17.9 Å². The second-order valence-electron chi connectivity index (χ2n) is 4.72. The van der Waals surface area contributed by atoms with Gasteiger partial charge < -0.3 is 10.1 Å². The van der Waals surface area contributed by atoms with E-state index in [9.17, 15) is 13.2 Å². The second kappa shape index (κ2) is 5.69. The number of amides is 1. The number of sulfonamides is 1. The van der Waals surface area contributed by atoms with Gasteiger partial charge in [0.25, 0.3) is 5.91 Å². The second-order valence-corrected chi connectivity index (χ2v) is 6.72. The third-order valence-electron chi connectivity index (χ3n) is 3.23. The molecule has 0 saturated heterocycles. The van der Waals surface area contributed by atoms with Gasteiger partial charge in [-0.25, -0.2) is 13.6 Å². The fourth-order valence-electron chi connectivity index (χ4n) is 2.00. The predicted molar refractivity (Wildman–Crippen MR) is 74.1 cm³/mol. The number of benzene rings is 1. The van der Waals surface area contributed by atoms with Gasteiger partial charge in [0.2, 0.25) is 10.0 Å². The Morgan fingerprint density at radius 1 is 1.40 bits per heavy atom. The van der Waals surface area contributed by atoms with Crippen molar-refractivity contribution >= 4 is 27.5 Å². The number of ether oxygens (including phenoxy) is 1. The number of carbonyl (C=O) groups excluding carboxylic acids is 1. The molecule has 0 unspecified atom stereocenters. The predicted octanol–water partition coefficient (Wildman–Crippen LogP) is 0.895. The molecule has 0 bridgehead atoms. The SMILES string of the molecule is COC1CC(NC(=O)c2cc(Cl)cc(S(N)(=O)=O)c2)C1. The van der Waals surface area contributed by atoms with E-state index in [1.165, 1.54) is 18.2 Å². The van der Waals surface area contributed by atoms with E-state index in [0.717, 1.165) is 12.8 Å². The first-order valence-electron chi connectivity index (χ1n) is 5.96. The number of nitrogens with two attached hydrogens (primary N) is 1. The molecule has 6 nitrogen and oxygen atoms in total. The van der Waals surface area contributed by atoms with Crippen LogP contribution in [0.4, 0.5) is 0 Å². The first-order valence-corrected chi connectivity index (χ1v) is 7.89. The average molecular weight is 319 g/mol. The van der Waals surface area contributed by atoms with E-state index < -0.39 is 10.0 Å². The molecule has 0 atom stereocenters. The smallest absolute Gasteiger partial charge is 0.251 e. The molecule has 0 heterocycles. The summed E-state index contributed by atoms with van der Waals surface area (Å²) in [6, 6.07) is 3.85. The van der Waals surface area contributed by atoms with Gasteiger partial charge in [-0.2, -0.15) is 0 Å². The van der Waals surface area contributed by atoms with E-state index in [2.05, 4.69) is 5.32 Å². The lowest BCUT2D eigenvalue weighted by Crippen LogP contribution is -2.47. The van der Waals surface area contributed by atoms with Crippen LogP contribution in [0.1, 0.15) is 23.2 Å². The van der Waals surface area contributed by atoms with Crippen LogP contribution >= 0.6 is 11.6 Å². The zero-order valence-electron chi connectivity index (χ0n) is 10.8. The van der Waals surface area contributed by atoms with Crippen LogP contribution in [-0.4, -0.2) is 33.6 Å². The number of methoxy groups -OCH3 is 1. The molecule has 3 N–H and O–H groups in total. The van der Waals surface area contributed by atoms with E-state index in [0.29, 0.717) is 0 Å². The Balaban J connectivity index is 2.12. The van der Waals surface area contributed by atoms with Gasteiger partial charge in [-0.1, -0.05) is 11.6 Å². The van der Waals surface area contributed by atoms with Crippen LogP contribution in [0, 0.1) is 0 Å². The lowest BCUT2D eigenvalue weighted by atomic mass is 9.89. The van der Waals surface area contributed by atoms with Crippen molar-refractivity contribution in [1.82, 2.24) is 5.32 Å². The van der Waals surface area contributed by atoms with Crippen LogP contribution in [0.25, 0.3) is 0 Å². The molecule has 1 amide bonds. The Morgan fingerprint density at radius 3 is 2.60 bits per heavy atom. The zero-order valence-corrected chi connectivity index (χ0v) is 12.4. The molecule has 20 heavy (non-hydrogen) atoms. The van der Waals surface area contributed by atoms with Gasteiger partial charge in [-0.15, -0.1) is 0 Å². The topological polar surface area (TPSA) is 98.5 Å². The minimum Gasteiger partial charge on any atom is -0.381 e. The van der Waals surface area contributed by atoms with Crippen LogP contribution in [0.5, 0.6) is 0 Å². The Hall–Kier alpha value is -1.15. The van der Waals surface area contributed by atoms with Gasteiger partial charge >= 0.3 is 0 Å². The number of primary sulfonamides is 1. The lowest BCUT2D eigenvalue weighted by molar-refractivity contribution is 0.0176. The lowest BCUT2D eigenvalue weighted by Gasteiger charge is -2.34. The number of hydrogen-bond acceptors (Lipinski definition) is 4. The molecule has 1 aliphatic carbocycles. The molecule has 0 aliphatic heterocycles. The Labute approximate surface area is 122 Å². The first kappa shape index (κ1) is 15.2. The van der Waals surface area contributed by atoms with Crippen molar-refractivity contribution in [3.8, 4) is 0 Å². The highest BCUT2D eigenvalue weighted by Crippen LogP contribution is 2.24. The summed E-state index contributed by atoms with van der Waals surface area (Å²) in [4.78, 5) is 11.8. The molecule has 0 radical (unpaired) electrons. The number of rotatable bonds is 4. The Morgan fingerprint density at radius 2 is 2.05 bits per heavy atom. The number of nitrogens with one attached hydrogen (secondary N) is 1. The molecule has 8 heteroatoms. The molecular weight excluding hydrogens is 304 g/mol. The van der Waals surface area contributed by atoms with Crippen LogP contribution in [0.2, 0.25) is 5.02 Å². The van der Waals surface area contributed by atoms with Crippen LogP contribution in [-0.2, 0) is 14.8 Å². The highest BCUT2D eigenvalue weighted by molar-refractivity contribution is 7.89. The van der Waals surface area contributed by atoms with E-state index in [-0.39, 0.29) is 33.5 Å². The number of halogens is 1. The van der Waals surface area contributed by atoms with Crippen molar-refractivity contribution in [3.05, 3.63) is 28.8 Å². The summed E-state index contributed by atoms with van der Waals surface area (Å²) >= 11 is 5.81. The summed E-state index contributed by atoms with van der Waals surface area (Å²) in [7, 11) is -2.28. The molecule has 110 valence electrons. The van der Waals surface area contributed by atoms with Gasteiger partial charge in [0.05, 0.1) is 11.0 Å². The van der Waals surface area contributed by atoms with Crippen molar-refractivity contribution in [2.75, 3.05) is 7.11 Å². The van der Waals surface area contributed by atoms with Gasteiger partial charge in [-0.3, -0.25) is 4.79 Å². The van der Waals surface area contributed by atoms with E-state index in [1.807, 2.05) is 0 Å². The van der Waals surface area contributed by atoms with Crippen LogP contribution in [0.3, 0.4) is 0 Å². The third kappa shape index (κ3) is 3.49. The minimum absolute atomic E-state index is 0.0318. The largest absolute Gasteiger partial charge is 0.381 e. The average Bonchev–Trinajstić information content (AvgIpc) is 2.31. The molecule has 0 aromatic heterocycles. The molecule has 0 spiro atoms. The molecule has 1 fully saturated rings. The molecular formula is C12H15ClN2O4S. The van der Waals surface area contributed by atoms with E-state index >= 15 is 0 Å². The maximum atomic E-state index is 12.0. The van der Waals surface area contributed by atoms with Crippen molar-refractivity contribution in [2.45, 2.75) is 29.9 Å². The highest BCUT2D eigenvalue weighted by atomic mass is 35.5. The quantitative estimate of drug-likeness (QED) is 0.861. The number of hydrogen-bond donors (Lipinski definition) is 2. The van der Waals surface area contributed by atoms with E-state index in [1.54, 1.807) is 7.11 Å². The van der Waals surface area contributed by atoms with Gasteiger partial charge in [0.1, 0.15) is 0 Å². The molecule has 1 saturated carbocycles. The monoisotopic (exact) mass is 318 g/mol. The third-order valence-corrected chi connectivity index (χ3v) is 4.34. The molecule has 1 aliphatic rings. The molecule has 1 aromatic rings. The maximum Gasteiger partial charge on any atom is 0.251 e. The summed E-state index contributed by atoms with van der Waals surface area (Å²) in [5.41, 5.74) is 0.169. The standard InChI is InChI=1S/C12H15ClN2O4S/c1-19-10-5-9(6-10)15-12(16)7-2-8(13)4-11(3-7)20(14,17)18/h2-4,9-10H,5-6H2,1H3,(H,15,16)(H2,14,17,18). The first-order chi connectivity index (χ1) is 9.29. The van der Waals surface area contributed by atoms with E-state index in [4.69, 9.17) is 21.5 Å². The van der Waals surface area contributed by atoms with Crippen LogP contribution < -0.4 is 10.5 Å².